The monoisotopic (exact) mass is 470 g/mol. The van der Waals surface area contributed by atoms with Gasteiger partial charge in [0.15, 0.2) is 5.69 Å². The van der Waals surface area contributed by atoms with E-state index in [0.717, 1.165) is 23.4 Å². The second-order valence-electron chi connectivity index (χ2n) is 8.48. The third-order valence-corrected chi connectivity index (χ3v) is 5.90. The van der Waals surface area contributed by atoms with E-state index < -0.39 is 23.1 Å². The molecule has 0 atom stereocenters. The summed E-state index contributed by atoms with van der Waals surface area (Å²) in [5.41, 5.74) is 0.467. The Hall–Kier alpha value is -3.46. The number of carbonyl (C=O) groups is 1. The zero-order valence-electron chi connectivity index (χ0n) is 19.0. The number of hydrogen-bond donors (Lipinski definition) is 0. The summed E-state index contributed by atoms with van der Waals surface area (Å²) in [6.07, 6.45) is -4.61. The molecular weight excluding hydrogens is 445 g/mol. The van der Waals surface area contributed by atoms with E-state index in [-0.39, 0.29) is 17.1 Å². The van der Waals surface area contributed by atoms with Gasteiger partial charge in [-0.1, -0.05) is 42.0 Å². The lowest BCUT2D eigenvalue weighted by Crippen LogP contribution is -2.49. The van der Waals surface area contributed by atoms with Gasteiger partial charge in [-0.05, 0) is 31.5 Å². The molecule has 1 fully saturated rings. The largest absolute Gasteiger partial charge is 0.418 e. The van der Waals surface area contributed by atoms with Crippen molar-refractivity contribution in [3.63, 3.8) is 0 Å². The third-order valence-electron chi connectivity index (χ3n) is 5.90. The molecule has 2 aromatic carbocycles. The fraction of sp³-hybridized carbons (Fsp3) is 0.320. The van der Waals surface area contributed by atoms with Crippen LogP contribution in [-0.4, -0.2) is 51.7 Å². The van der Waals surface area contributed by atoms with Gasteiger partial charge in [0.25, 0.3) is 5.91 Å². The number of nitrogens with zero attached hydrogens (tertiary/aromatic N) is 4. The third kappa shape index (κ3) is 5.04. The normalized spacial score (nSPS) is 14.9. The lowest BCUT2D eigenvalue weighted by molar-refractivity contribution is -0.137. The molecule has 0 N–H and O–H groups in total. The topological polar surface area (TPSA) is 58.4 Å². The first-order valence-corrected chi connectivity index (χ1v) is 11.0. The quantitative estimate of drug-likeness (QED) is 0.582. The number of rotatable bonds is 4. The number of para-hydroxylation sites is 1. The number of alkyl halides is 3. The van der Waals surface area contributed by atoms with Crippen molar-refractivity contribution in [2.45, 2.75) is 26.6 Å². The molecule has 178 valence electrons. The van der Waals surface area contributed by atoms with Crippen LogP contribution in [0.25, 0.3) is 5.69 Å². The second-order valence-corrected chi connectivity index (χ2v) is 8.48. The zero-order chi connectivity index (χ0) is 24.5. The Labute approximate surface area is 195 Å². The van der Waals surface area contributed by atoms with Crippen molar-refractivity contribution in [3.8, 4) is 5.69 Å². The Morgan fingerprint density at radius 1 is 0.971 bits per heavy atom. The van der Waals surface area contributed by atoms with Gasteiger partial charge in [0.05, 0.1) is 11.3 Å². The molecule has 6 nitrogen and oxygen atoms in total. The van der Waals surface area contributed by atoms with Crippen LogP contribution in [0.1, 0.15) is 32.9 Å². The second kappa shape index (κ2) is 9.42. The van der Waals surface area contributed by atoms with E-state index in [9.17, 15) is 22.8 Å². The molecule has 1 aliphatic heterocycles. The van der Waals surface area contributed by atoms with Gasteiger partial charge in [0.1, 0.15) is 0 Å². The number of carbonyl (C=O) groups excluding carboxylic acids is 1. The van der Waals surface area contributed by atoms with Crippen LogP contribution in [0.4, 0.5) is 13.2 Å². The molecule has 0 spiro atoms. The van der Waals surface area contributed by atoms with E-state index in [0.29, 0.717) is 26.2 Å². The molecule has 0 radical (unpaired) electrons. The summed E-state index contributed by atoms with van der Waals surface area (Å²) in [5.74, 6) is -0.571. The van der Waals surface area contributed by atoms with Gasteiger partial charge in [-0.15, -0.1) is 0 Å². The minimum atomic E-state index is -4.61. The first-order chi connectivity index (χ1) is 16.1. The summed E-state index contributed by atoms with van der Waals surface area (Å²) in [6, 6.07) is 14.3. The van der Waals surface area contributed by atoms with Crippen molar-refractivity contribution in [3.05, 3.63) is 92.9 Å². The van der Waals surface area contributed by atoms with Gasteiger partial charge in [0, 0.05) is 44.5 Å². The van der Waals surface area contributed by atoms with Crippen LogP contribution >= 0.6 is 0 Å². The van der Waals surface area contributed by atoms with Gasteiger partial charge >= 0.3 is 6.18 Å². The molecule has 1 aromatic heterocycles. The fourth-order valence-electron chi connectivity index (χ4n) is 4.16. The molecule has 0 bridgehead atoms. The Kier molecular flexibility index (Phi) is 6.56. The summed E-state index contributed by atoms with van der Waals surface area (Å²) in [5, 5.41) is 4.09. The highest BCUT2D eigenvalue weighted by Gasteiger charge is 2.34. The van der Waals surface area contributed by atoms with Crippen LogP contribution in [0.5, 0.6) is 0 Å². The maximum Gasteiger partial charge on any atom is 0.418 e. The minimum absolute atomic E-state index is 0.209. The highest BCUT2D eigenvalue weighted by molar-refractivity contribution is 5.92. The Morgan fingerprint density at radius 2 is 1.68 bits per heavy atom. The van der Waals surface area contributed by atoms with Crippen LogP contribution in [0.2, 0.25) is 0 Å². The standard InChI is InChI=1S/C25H25F3N4O2/c1-17-6-5-7-19(14-17)16-30-10-12-31(13-11-30)24(34)23-22(33)15-18(2)32(29-23)21-9-4-3-8-20(21)25(26,27)28/h3-9,14-15H,10-13,16H2,1-2H3. The lowest BCUT2D eigenvalue weighted by atomic mass is 10.1. The molecule has 0 saturated carbocycles. The molecule has 0 unspecified atom stereocenters. The minimum Gasteiger partial charge on any atom is -0.335 e. The smallest absolute Gasteiger partial charge is 0.335 e. The number of aromatic nitrogens is 2. The van der Waals surface area contributed by atoms with E-state index in [1.165, 1.54) is 41.1 Å². The Balaban J connectivity index is 1.54. The summed E-state index contributed by atoms with van der Waals surface area (Å²) < 4.78 is 41.6. The average molecular weight is 470 g/mol. The van der Waals surface area contributed by atoms with Crippen molar-refractivity contribution in [1.82, 2.24) is 19.6 Å². The highest BCUT2D eigenvalue weighted by Crippen LogP contribution is 2.33. The van der Waals surface area contributed by atoms with Gasteiger partial charge in [-0.2, -0.15) is 18.3 Å². The van der Waals surface area contributed by atoms with Crippen molar-refractivity contribution in [2.75, 3.05) is 26.2 Å². The molecule has 2 heterocycles. The summed E-state index contributed by atoms with van der Waals surface area (Å²) in [7, 11) is 0. The van der Waals surface area contributed by atoms with Crippen molar-refractivity contribution < 1.29 is 18.0 Å². The molecule has 1 aliphatic rings. The SMILES string of the molecule is Cc1cccc(CN2CCN(C(=O)c3nn(-c4ccccc4C(F)(F)F)c(C)cc3=O)CC2)c1. The number of amides is 1. The average Bonchev–Trinajstić information content (AvgIpc) is 2.79. The van der Waals surface area contributed by atoms with Crippen molar-refractivity contribution in [2.24, 2.45) is 0 Å². The van der Waals surface area contributed by atoms with Crippen molar-refractivity contribution in [1.29, 1.82) is 0 Å². The first-order valence-electron chi connectivity index (χ1n) is 11.0. The zero-order valence-corrected chi connectivity index (χ0v) is 19.0. The number of halogens is 3. The summed E-state index contributed by atoms with van der Waals surface area (Å²) >= 11 is 0. The Bertz CT molecular complexity index is 1260. The molecule has 34 heavy (non-hydrogen) atoms. The fourth-order valence-corrected chi connectivity index (χ4v) is 4.16. The summed E-state index contributed by atoms with van der Waals surface area (Å²) in [6.45, 7) is 6.33. The molecule has 0 aliphatic carbocycles. The van der Waals surface area contributed by atoms with Crippen LogP contribution in [0.15, 0.2) is 59.4 Å². The van der Waals surface area contributed by atoms with Crippen LogP contribution in [0.3, 0.4) is 0 Å². The van der Waals surface area contributed by atoms with E-state index in [4.69, 9.17) is 0 Å². The molecule has 1 saturated heterocycles. The van der Waals surface area contributed by atoms with E-state index in [1.54, 1.807) is 0 Å². The number of benzene rings is 2. The maximum atomic E-state index is 13.5. The molecule has 9 heteroatoms. The van der Waals surface area contributed by atoms with Gasteiger partial charge < -0.3 is 4.90 Å². The molecule has 3 aromatic rings. The van der Waals surface area contributed by atoms with Gasteiger partial charge in [0.2, 0.25) is 5.43 Å². The molecular formula is C25H25F3N4O2. The van der Waals surface area contributed by atoms with Crippen LogP contribution < -0.4 is 5.43 Å². The van der Waals surface area contributed by atoms with Crippen LogP contribution in [-0.2, 0) is 12.7 Å². The number of piperazine rings is 1. The van der Waals surface area contributed by atoms with Crippen molar-refractivity contribution >= 4 is 5.91 Å². The molecule has 1 amide bonds. The maximum absolute atomic E-state index is 13.5. The summed E-state index contributed by atoms with van der Waals surface area (Å²) in [4.78, 5) is 29.4. The van der Waals surface area contributed by atoms with Crippen LogP contribution in [0, 0.1) is 13.8 Å². The van der Waals surface area contributed by atoms with Gasteiger partial charge in [-0.3, -0.25) is 14.5 Å². The lowest BCUT2D eigenvalue weighted by Gasteiger charge is -2.34. The van der Waals surface area contributed by atoms with E-state index >= 15 is 0 Å². The first kappa shape index (κ1) is 23.7. The van der Waals surface area contributed by atoms with Gasteiger partial charge in [-0.25, -0.2) is 4.68 Å². The highest BCUT2D eigenvalue weighted by atomic mass is 19.4. The Morgan fingerprint density at radius 3 is 2.35 bits per heavy atom. The number of aryl methyl sites for hydroxylation is 2. The van der Waals surface area contributed by atoms with E-state index in [2.05, 4.69) is 22.1 Å². The predicted molar refractivity (Wildman–Crippen MR) is 122 cm³/mol. The number of hydrogen-bond acceptors (Lipinski definition) is 4. The van der Waals surface area contributed by atoms with E-state index in [1.807, 2.05) is 19.1 Å². The predicted octanol–water partition coefficient (Wildman–Crippen LogP) is 3.83. The molecule has 4 rings (SSSR count).